The number of rotatable bonds is 3. The Morgan fingerprint density at radius 1 is 0.900 bits per heavy atom. The zero-order valence-electron chi connectivity index (χ0n) is 16.2. The zero-order valence-corrected chi connectivity index (χ0v) is 16.2. The second-order valence-electron chi connectivity index (χ2n) is 7.15. The first-order chi connectivity index (χ1) is 14.6. The standard InChI is InChI=1S/C24H18N4O2/c1-28-14-20(17-6-4-5-9-21(17)28)23(29)25-16-12-10-15(11-13-16)22-18-7-2-3-8-19(18)24(30)27-26-22/h2-14H,1H3,(H,25,29)(H,27,30). The number of aryl methyl sites for hydroxylation is 1. The molecule has 0 saturated carbocycles. The second kappa shape index (κ2) is 7.00. The number of aromatic amines is 1. The smallest absolute Gasteiger partial charge is 0.272 e. The fraction of sp³-hybridized carbons (Fsp3) is 0.0417. The molecule has 2 heterocycles. The van der Waals surface area contributed by atoms with Crippen molar-refractivity contribution in [2.45, 2.75) is 0 Å². The summed E-state index contributed by atoms with van der Waals surface area (Å²) in [6.45, 7) is 0. The van der Waals surface area contributed by atoms with E-state index in [0.29, 0.717) is 22.3 Å². The van der Waals surface area contributed by atoms with E-state index in [2.05, 4.69) is 15.5 Å². The minimum absolute atomic E-state index is 0.160. The molecular weight excluding hydrogens is 376 g/mol. The highest BCUT2D eigenvalue weighted by atomic mass is 16.1. The van der Waals surface area contributed by atoms with E-state index >= 15 is 0 Å². The van der Waals surface area contributed by atoms with Gasteiger partial charge in [0.05, 0.1) is 16.6 Å². The Bertz CT molecular complexity index is 1460. The summed E-state index contributed by atoms with van der Waals surface area (Å²) in [5, 5.41) is 12.0. The number of hydrogen-bond donors (Lipinski definition) is 2. The molecule has 0 bridgehead atoms. The van der Waals surface area contributed by atoms with E-state index < -0.39 is 0 Å². The minimum Gasteiger partial charge on any atom is -0.350 e. The quantitative estimate of drug-likeness (QED) is 0.478. The number of fused-ring (bicyclic) bond motifs is 2. The molecule has 0 aliphatic rings. The van der Waals surface area contributed by atoms with Gasteiger partial charge in [-0.15, -0.1) is 0 Å². The molecule has 1 amide bonds. The van der Waals surface area contributed by atoms with Crippen LogP contribution in [-0.2, 0) is 7.05 Å². The van der Waals surface area contributed by atoms with Crippen molar-refractivity contribution in [3.8, 4) is 11.3 Å². The number of hydrogen-bond acceptors (Lipinski definition) is 3. The molecule has 0 radical (unpaired) electrons. The molecule has 0 atom stereocenters. The van der Waals surface area contributed by atoms with Gasteiger partial charge in [-0.05, 0) is 24.3 Å². The summed E-state index contributed by atoms with van der Waals surface area (Å²) in [4.78, 5) is 24.8. The third-order valence-corrected chi connectivity index (χ3v) is 5.25. The van der Waals surface area contributed by atoms with Crippen molar-refractivity contribution in [3.05, 3.63) is 94.9 Å². The van der Waals surface area contributed by atoms with Gasteiger partial charge in [-0.3, -0.25) is 9.59 Å². The van der Waals surface area contributed by atoms with Gasteiger partial charge in [0.15, 0.2) is 0 Å². The zero-order chi connectivity index (χ0) is 20.7. The van der Waals surface area contributed by atoms with Crippen LogP contribution in [0.25, 0.3) is 32.9 Å². The maximum atomic E-state index is 12.8. The normalized spacial score (nSPS) is 11.1. The van der Waals surface area contributed by atoms with Gasteiger partial charge >= 0.3 is 0 Å². The summed E-state index contributed by atoms with van der Waals surface area (Å²) in [6, 6.07) is 22.6. The largest absolute Gasteiger partial charge is 0.350 e. The van der Waals surface area contributed by atoms with Crippen molar-refractivity contribution < 1.29 is 4.79 Å². The van der Waals surface area contributed by atoms with Crippen molar-refractivity contribution >= 4 is 33.3 Å². The maximum absolute atomic E-state index is 12.8. The lowest BCUT2D eigenvalue weighted by molar-refractivity contribution is 0.102. The molecule has 5 aromatic rings. The SMILES string of the molecule is Cn1cc(C(=O)Nc2ccc(-c3n[nH]c(=O)c4ccccc34)cc2)c2ccccc21. The van der Waals surface area contributed by atoms with Gasteiger partial charge in [-0.1, -0.05) is 48.5 Å². The monoisotopic (exact) mass is 394 g/mol. The molecule has 0 fully saturated rings. The van der Waals surface area contributed by atoms with Crippen molar-refractivity contribution in [2.75, 3.05) is 5.32 Å². The van der Waals surface area contributed by atoms with Crippen molar-refractivity contribution in [3.63, 3.8) is 0 Å². The number of anilines is 1. The maximum Gasteiger partial charge on any atom is 0.272 e. The Labute approximate surface area is 171 Å². The van der Waals surface area contributed by atoms with E-state index in [1.165, 1.54) is 0 Å². The van der Waals surface area contributed by atoms with Crippen LogP contribution < -0.4 is 10.9 Å². The second-order valence-corrected chi connectivity index (χ2v) is 7.15. The summed E-state index contributed by atoms with van der Waals surface area (Å²) in [5.74, 6) is -0.160. The molecule has 6 nitrogen and oxygen atoms in total. The first-order valence-electron chi connectivity index (χ1n) is 9.55. The third-order valence-electron chi connectivity index (χ3n) is 5.25. The molecule has 30 heavy (non-hydrogen) atoms. The van der Waals surface area contributed by atoms with E-state index in [4.69, 9.17) is 0 Å². The first-order valence-corrected chi connectivity index (χ1v) is 9.55. The first kappa shape index (κ1) is 17.9. The average Bonchev–Trinajstić information content (AvgIpc) is 3.12. The highest BCUT2D eigenvalue weighted by Crippen LogP contribution is 2.26. The molecule has 0 aliphatic heterocycles. The van der Waals surface area contributed by atoms with Crippen LogP contribution in [0, 0.1) is 0 Å². The highest BCUT2D eigenvalue weighted by Gasteiger charge is 2.14. The van der Waals surface area contributed by atoms with Crippen LogP contribution in [0.4, 0.5) is 5.69 Å². The number of nitrogens with zero attached hydrogens (tertiary/aromatic N) is 2. The van der Waals surface area contributed by atoms with Crippen LogP contribution in [0.5, 0.6) is 0 Å². The summed E-state index contributed by atoms with van der Waals surface area (Å²) < 4.78 is 1.94. The molecule has 5 rings (SSSR count). The topological polar surface area (TPSA) is 79.8 Å². The van der Waals surface area contributed by atoms with Gasteiger partial charge in [0.1, 0.15) is 0 Å². The van der Waals surface area contributed by atoms with Gasteiger partial charge in [0.2, 0.25) is 0 Å². The molecule has 2 aromatic heterocycles. The van der Waals surface area contributed by atoms with Crippen LogP contribution >= 0.6 is 0 Å². The Kier molecular flexibility index (Phi) is 4.17. The average molecular weight is 394 g/mol. The molecular formula is C24H18N4O2. The van der Waals surface area contributed by atoms with E-state index in [9.17, 15) is 9.59 Å². The third kappa shape index (κ3) is 2.95. The van der Waals surface area contributed by atoms with Gasteiger partial charge in [0, 0.05) is 40.8 Å². The fourth-order valence-corrected chi connectivity index (χ4v) is 3.77. The number of nitrogens with one attached hydrogen (secondary N) is 2. The number of aromatic nitrogens is 3. The number of carbonyl (C=O) groups is 1. The molecule has 3 aromatic carbocycles. The number of carbonyl (C=O) groups excluding carboxylic acids is 1. The van der Waals surface area contributed by atoms with Gasteiger partial charge in [-0.25, -0.2) is 5.10 Å². The van der Waals surface area contributed by atoms with Gasteiger partial charge < -0.3 is 9.88 Å². The van der Waals surface area contributed by atoms with Gasteiger partial charge in [-0.2, -0.15) is 5.10 Å². The van der Waals surface area contributed by atoms with E-state index in [1.54, 1.807) is 6.07 Å². The van der Waals surface area contributed by atoms with Crippen LogP contribution in [0.2, 0.25) is 0 Å². The lowest BCUT2D eigenvalue weighted by Gasteiger charge is -2.08. The Hall–Kier alpha value is -4.19. The van der Waals surface area contributed by atoms with E-state index in [1.807, 2.05) is 84.5 Å². The fourth-order valence-electron chi connectivity index (χ4n) is 3.77. The molecule has 2 N–H and O–H groups in total. The molecule has 6 heteroatoms. The lowest BCUT2D eigenvalue weighted by atomic mass is 10.0. The van der Waals surface area contributed by atoms with Crippen molar-refractivity contribution in [2.24, 2.45) is 7.05 Å². The number of amides is 1. The summed E-state index contributed by atoms with van der Waals surface area (Å²) >= 11 is 0. The van der Waals surface area contributed by atoms with Gasteiger partial charge in [0.25, 0.3) is 11.5 Å². The predicted octanol–water partition coefficient (Wildman–Crippen LogP) is 4.33. The van der Waals surface area contributed by atoms with E-state index in [0.717, 1.165) is 21.9 Å². The molecule has 146 valence electrons. The van der Waals surface area contributed by atoms with Crippen LogP contribution in [-0.4, -0.2) is 20.7 Å². The summed E-state index contributed by atoms with van der Waals surface area (Å²) in [6.07, 6.45) is 1.84. The minimum atomic E-state index is -0.215. The van der Waals surface area contributed by atoms with Crippen molar-refractivity contribution in [1.29, 1.82) is 0 Å². The summed E-state index contributed by atoms with van der Waals surface area (Å²) in [5.41, 5.74) is 3.65. The van der Waals surface area contributed by atoms with Crippen LogP contribution in [0.3, 0.4) is 0 Å². The summed E-state index contributed by atoms with van der Waals surface area (Å²) in [7, 11) is 1.93. The lowest BCUT2D eigenvalue weighted by Crippen LogP contribution is -2.11. The Morgan fingerprint density at radius 2 is 1.57 bits per heavy atom. The number of para-hydroxylation sites is 1. The van der Waals surface area contributed by atoms with Crippen LogP contribution in [0.15, 0.2) is 83.8 Å². The van der Waals surface area contributed by atoms with Crippen molar-refractivity contribution in [1.82, 2.24) is 14.8 Å². The molecule has 0 saturated heterocycles. The Balaban J connectivity index is 1.45. The molecule has 0 aliphatic carbocycles. The molecule has 0 spiro atoms. The number of benzene rings is 3. The Morgan fingerprint density at radius 3 is 2.33 bits per heavy atom. The van der Waals surface area contributed by atoms with E-state index in [-0.39, 0.29) is 11.5 Å². The van der Waals surface area contributed by atoms with Crippen LogP contribution in [0.1, 0.15) is 10.4 Å². The predicted molar refractivity (Wildman–Crippen MR) is 119 cm³/mol. The molecule has 0 unspecified atom stereocenters. The number of H-pyrrole nitrogens is 1. The highest BCUT2D eigenvalue weighted by molar-refractivity contribution is 6.13.